The molecule has 2 heterocycles. The standard InChI is InChI=1S/C14H22N4O2/c1-5-11-12(19)16-14(6-2,7-3)13(20)18(11)10-8-15-17(4)9-10/h8-9,11H,5-7H2,1-4H3,(H,16,19). The molecule has 1 aromatic rings. The van der Waals surface area contributed by atoms with Crippen LogP contribution in [0.3, 0.4) is 0 Å². The number of aromatic nitrogens is 2. The maximum Gasteiger partial charge on any atom is 0.253 e. The molecule has 1 N–H and O–H groups in total. The number of carbonyl (C=O) groups is 2. The molecule has 1 fully saturated rings. The highest BCUT2D eigenvalue weighted by atomic mass is 16.2. The van der Waals surface area contributed by atoms with Gasteiger partial charge >= 0.3 is 0 Å². The van der Waals surface area contributed by atoms with Gasteiger partial charge < -0.3 is 5.32 Å². The zero-order valence-corrected chi connectivity index (χ0v) is 12.5. The van der Waals surface area contributed by atoms with Gasteiger partial charge in [-0.3, -0.25) is 19.2 Å². The van der Waals surface area contributed by atoms with E-state index in [2.05, 4.69) is 10.4 Å². The van der Waals surface area contributed by atoms with Crippen LogP contribution in [-0.4, -0.2) is 33.2 Å². The number of anilines is 1. The van der Waals surface area contributed by atoms with Crippen LogP contribution < -0.4 is 10.2 Å². The van der Waals surface area contributed by atoms with Crippen molar-refractivity contribution in [2.75, 3.05) is 4.90 Å². The molecule has 1 saturated heterocycles. The molecular formula is C14H22N4O2. The average molecular weight is 278 g/mol. The van der Waals surface area contributed by atoms with Gasteiger partial charge in [-0.05, 0) is 19.3 Å². The first-order chi connectivity index (χ1) is 9.49. The Bertz CT molecular complexity index is 519. The van der Waals surface area contributed by atoms with E-state index < -0.39 is 11.6 Å². The molecule has 110 valence electrons. The van der Waals surface area contributed by atoms with E-state index in [1.165, 1.54) is 0 Å². The fourth-order valence-electron chi connectivity index (χ4n) is 2.79. The Balaban J connectivity index is 2.48. The van der Waals surface area contributed by atoms with Crippen molar-refractivity contribution in [2.45, 2.75) is 51.6 Å². The van der Waals surface area contributed by atoms with Crippen molar-refractivity contribution >= 4 is 17.5 Å². The SMILES string of the molecule is CCC1C(=O)NC(CC)(CC)C(=O)N1c1cnn(C)c1. The van der Waals surface area contributed by atoms with Crippen LogP contribution in [0.15, 0.2) is 12.4 Å². The van der Waals surface area contributed by atoms with E-state index in [4.69, 9.17) is 0 Å². The van der Waals surface area contributed by atoms with Gasteiger partial charge in [-0.1, -0.05) is 20.8 Å². The predicted octanol–water partition coefficient (Wildman–Crippen LogP) is 1.22. The van der Waals surface area contributed by atoms with E-state index in [-0.39, 0.29) is 11.8 Å². The van der Waals surface area contributed by atoms with E-state index in [1.807, 2.05) is 20.8 Å². The Kier molecular flexibility index (Phi) is 3.83. The van der Waals surface area contributed by atoms with Gasteiger partial charge in [0.1, 0.15) is 11.6 Å². The Labute approximate surface area is 119 Å². The number of nitrogens with zero attached hydrogens (tertiary/aromatic N) is 3. The molecule has 0 bridgehead atoms. The van der Waals surface area contributed by atoms with E-state index in [1.54, 1.807) is 29.0 Å². The van der Waals surface area contributed by atoms with Gasteiger partial charge in [0.05, 0.1) is 11.9 Å². The van der Waals surface area contributed by atoms with Gasteiger partial charge in [0, 0.05) is 13.2 Å². The van der Waals surface area contributed by atoms with Crippen molar-refractivity contribution in [3.05, 3.63) is 12.4 Å². The number of amides is 2. The summed E-state index contributed by atoms with van der Waals surface area (Å²) < 4.78 is 1.64. The molecule has 2 rings (SSSR count). The molecule has 1 atom stereocenters. The summed E-state index contributed by atoms with van der Waals surface area (Å²) in [7, 11) is 1.80. The monoisotopic (exact) mass is 278 g/mol. The van der Waals surface area contributed by atoms with Crippen molar-refractivity contribution in [1.82, 2.24) is 15.1 Å². The highest BCUT2D eigenvalue weighted by molar-refractivity contribution is 6.10. The third kappa shape index (κ3) is 2.09. The van der Waals surface area contributed by atoms with Crippen LogP contribution in [0.25, 0.3) is 0 Å². The molecule has 1 aliphatic heterocycles. The lowest BCUT2D eigenvalue weighted by Gasteiger charge is -2.44. The lowest BCUT2D eigenvalue weighted by molar-refractivity contribution is -0.138. The molecule has 0 aliphatic carbocycles. The van der Waals surface area contributed by atoms with Gasteiger partial charge in [0.2, 0.25) is 5.91 Å². The molecule has 1 aliphatic rings. The lowest BCUT2D eigenvalue weighted by Crippen LogP contribution is -2.70. The van der Waals surface area contributed by atoms with E-state index in [0.29, 0.717) is 24.9 Å². The zero-order valence-electron chi connectivity index (χ0n) is 12.5. The number of carbonyl (C=O) groups excluding carboxylic acids is 2. The highest BCUT2D eigenvalue weighted by Gasteiger charge is 2.49. The summed E-state index contributed by atoms with van der Waals surface area (Å²) in [5.41, 5.74) is -0.107. The quantitative estimate of drug-likeness (QED) is 0.900. The van der Waals surface area contributed by atoms with Crippen molar-refractivity contribution in [1.29, 1.82) is 0 Å². The predicted molar refractivity (Wildman–Crippen MR) is 76.2 cm³/mol. The summed E-state index contributed by atoms with van der Waals surface area (Å²) in [4.78, 5) is 26.9. The number of piperazine rings is 1. The summed E-state index contributed by atoms with van der Waals surface area (Å²) >= 11 is 0. The second kappa shape index (κ2) is 5.26. The number of rotatable bonds is 4. The van der Waals surface area contributed by atoms with Crippen LogP contribution in [0.1, 0.15) is 40.0 Å². The molecule has 2 amide bonds. The summed E-state index contributed by atoms with van der Waals surface area (Å²) in [5, 5.41) is 7.04. The van der Waals surface area contributed by atoms with Gasteiger partial charge in [0.15, 0.2) is 0 Å². The largest absolute Gasteiger partial charge is 0.340 e. The zero-order chi connectivity index (χ0) is 14.9. The number of hydrogen-bond acceptors (Lipinski definition) is 3. The third-order valence-electron chi connectivity index (χ3n) is 4.17. The van der Waals surface area contributed by atoms with Crippen LogP contribution in [0.5, 0.6) is 0 Å². The summed E-state index contributed by atoms with van der Waals surface area (Å²) in [5.74, 6) is -0.124. The number of aryl methyl sites for hydroxylation is 1. The Morgan fingerprint density at radius 1 is 1.30 bits per heavy atom. The topological polar surface area (TPSA) is 67.2 Å². The molecule has 1 unspecified atom stereocenters. The molecule has 0 radical (unpaired) electrons. The maximum absolute atomic E-state index is 12.9. The van der Waals surface area contributed by atoms with Crippen LogP contribution in [-0.2, 0) is 16.6 Å². The smallest absolute Gasteiger partial charge is 0.253 e. The van der Waals surface area contributed by atoms with Gasteiger partial charge in [-0.15, -0.1) is 0 Å². The minimum atomic E-state index is -0.793. The maximum atomic E-state index is 12.9. The minimum absolute atomic E-state index is 0.0399. The molecular weight excluding hydrogens is 256 g/mol. The second-order valence-corrected chi connectivity index (χ2v) is 5.25. The van der Waals surface area contributed by atoms with Crippen molar-refractivity contribution in [2.24, 2.45) is 7.05 Å². The first kappa shape index (κ1) is 14.6. The Morgan fingerprint density at radius 3 is 2.40 bits per heavy atom. The number of hydrogen-bond donors (Lipinski definition) is 1. The van der Waals surface area contributed by atoms with Gasteiger partial charge in [-0.25, -0.2) is 0 Å². The fraction of sp³-hybridized carbons (Fsp3) is 0.643. The first-order valence-corrected chi connectivity index (χ1v) is 7.13. The molecule has 6 nitrogen and oxygen atoms in total. The summed E-state index contributed by atoms with van der Waals surface area (Å²) in [6.45, 7) is 5.76. The fourth-order valence-corrected chi connectivity index (χ4v) is 2.79. The first-order valence-electron chi connectivity index (χ1n) is 7.13. The van der Waals surface area contributed by atoms with Crippen LogP contribution in [0.2, 0.25) is 0 Å². The minimum Gasteiger partial charge on any atom is -0.340 e. The third-order valence-corrected chi connectivity index (χ3v) is 4.17. The van der Waals surface area contributed by atoms with Crippen LogP contribution >= 0.6 is 0 Å². The molecule has 20 heavy (non-hydrogen) atoms. The molecule has 0 aromatic carbocycles. The van der Waals surface area contributed by atoms with Crippen LogP contribution in [0.4, 0.5) is 5.69 Å². The van der Waals surface area contributed by atoms with Gasteiger partial charge in [0.25, 0.3) is 5.91 Å². The molecule has 6 heteroatoms. The van der Waals surface area contributed by atoms with Crippen LogP contribution in [0, 0.1) is 0 Å². The Hall–Kier alpha value is -1.85. The Morgan fingerprint density at radius 2 is 1.95 bits per heavy atom. The second-order valence-electron chi connectivity index (χ2n) is 5.25. The average Bonchev–Trinajstić information content (AvgIpc) is 2.86. The molecule has 1 aromatic heterocycles. The normalized spacial score (nSPS) is 22.0. The molecule has 0 saturated carbocycles. The summed E-state index contributed by atoms with van der Waals surface area (Å²) in [6.07, 6.45) is 5.16. The highest BCUT2D eigenvalue weighted by Crippen LogP contribution is 2.30. The summed E-state index contributed by atoms with van der Waals surface area (Å²) in [6, 6.07) is -0.460. The van der Waals surface area contributed by atoms with Crippen molar-refractivity contribution in [3.63, 3.8) is 0 Å². The van der Waals surface area contributed by atoms with Crippen molar-refractivity contribution < 1.29 is 9.59 Å². The molecule has 0 spiro atoms. The van der Waals surface area contributed by atoms with E-state index >= 15 is 0 Å². The van der Waals surface area contributed by atoms with Crippen molar-refractivity contribution in [3.8, 4) is 0 Å². The van der Waals surface area contributed by atoms with Gasteiger partial charge in [-0.2, -0.15) is 5.10 Å². The van der Waals surface area contributed by atoms with E-state index in [9.17, 15) is 9.59 Å². The number of nitrogens with one attached hydrogen (secondary N) is 1. The van der Waals surface area contributed by atoms with E-state index in [0.717, 1.165) is 0 Å². The lowest BCUT2D eigenvalue weighted by atomic mass is 9.86.